The second-order valence-electron chi connectivity index (χ2n) is 8.03. The number of anilines is 3. The standard InChI is InChI=1S/C24H24ClFN6O4/c1-3-36-21-12-19-16(22(28-13-27-19)29-15-4-5-18(26)17(25)10-15)11-20(21)30-23(34)24(35)32-8-6-31(7-9-32)14(2)33/h4-5,10-13H,3,6-9H2,1-2H3,(H,30,34)(H,27,28,29). The molecule has 0 radical (unpaired) electrons. The first-order valence-electron chi connectivity index (χ1n) is 11.3. The second kappa shape index (κ2) is 10.7. The fourth-order valence-electron chi connectivity index (χ4n) is 3.81. The molecule has 0 spiro atoms. The molecule has 3 aromatic rings. The predicted molar refractivity (Wildman–Crippen MR) is 133 cm³/mol. The van der Waals surface area contributed by atoms with E-state index in [1.54, 1.807) is 24.0 Å². The van der Waals surface area contributed by atoms with E-state index in [0.717, 1.165) is 0 Å². The van der Waals surface area contributed by atoms with Crippen LogP contribution < -0.4 is 15.4 Å². The molecule has 188 valence electrons. The Hall–Kier alpha value is -3.99. The van der Waals surface area contributed by atoms with E-state index in [0.29, 0.717) is 47.9 Å². The van der Waals surface area contributed by atoms with E-state index in [1.807, 2.05) is 0 Å². The lowest BCUT2D eigenvalue weighted by atomic mass is 10.1. The highest BCUT2D eigenvalue weighted by Crippen LogP contribution is 2.34. The smallest absolute Gasteiger partial charge is 0.314 e. The first kappa shape index (κ1) is 25.1. The monoisotopic (exact) mass is 514 g/mol. The number of benzene rings is 2. The molecule has 1 aliphatic heterocycles. The first-order chi connectivity index (χ1) is 17.3. The van der Waals surface area contributed by atoms with Gasteiger partial charge in [0, 0.05) is 50.2 Å². The zero-order valence-electron chi connectivity index (χ0n) is 19.7. The van der Waals surface area contributed by atoms with Gasteiger partial charge < -0.3 is 25.2 Å². The molecular formula is C24H24ClFN6O4. The van der Waals surface area contributed by atoms with Crippen molar-refractivity contribution >= 4 is 57.4 Å². The summed E-state index contributed by atoms with van der Waals surface area (Å²) in [6.07, 6.45) is 1.36. The molecule has 12 heteroatoms. The molecule has 0 saturated carbocycles. The van der Waals surface area contributed by atoms with Gasteiger partial charge in [-0.3, -0.25) is 14.4 Å². The normalized spacial score (nSPS) is 13.4. The Labute approximate surface area is 211 Å². The average molecular weight is 515 g/mol. The van der Waals surface area contributed by atoms with Gasteiger partial charge in [-0.2, -0.15) is 0 Å². The molecule has 1 aromatic heterocycles. The lowest BCUT2D eigenvalue weighted by Gasteiger charge is -2.33. The quantitative estimate of drug-likeness (QED) is 0.502. The van der Waals surface area contributed by atoms with E-state index in [4.69, 9.17) is 16.3 Å². The SMILES string of the molecule is CCOc1cc2ncnc(Nc3ccc(F)c(Cl)c3)c2cc1NC(=O)C(=O)N1CCN(C(C)=O)CC1. The molecule has 2 heterocycles. The van der Waals surface area contributed by atoms with E-state index >= 15 is 0 Å². The van der Waals surface area contributed by atoms with Crippen LogP contribution in [0.4, 0.5) is 21.6 Å². The van der Waals surface area contributed by atoms with Crippen LogP contribution in [0.15, 0.2) is 36.7 Å². The van der Waals surface area contributed by atoms with Crippen LogP contribution in [-0.4, -0.2) is 70.3 Å². The highest BCUT2D eigenvalue weighted by atomic mass is 35.5. The molecule has 10 nitrogen and oxygen atoms in total. The number of hydrogen-bond acceptors (Lipinski definition) is 7. The number of ether oxygens (including phenoxy) is 1. The van der Waals surface area contributed by atoms with Crippen LogP contribution in [0.5, 0.6) is 5.75 Å². The number of carbonyl (C=O) groups excluding carboxylic acids is 3. The third kappa shape index (κ3) is 5.46. The van der Waals surface area contributed by atoms with Crippen molar-refractivity contribution < 1.29 is 23.5 Å². The highest BCUT2D eigenvalue weighted by molar-refractivity contribution is 6.39. The molecule has 3 amide bonds. The Morgan fingerprint density at radius 2 is 1.81 bits per heavy atom. The lowest BCUT2D eigenvalue weighted by molar-refractivity contribution is -0.145. The summed E-state index contributed by atoms with van der Waals surface area (Å²) in [7, 11) is 0. The van der Waals surface area contributed by atoms with E-state index in [-0.39, 0.29) is 29.7 Å². The summed E-state index contributed by atoms with van der Waals surface area (Å²) in [6, 6.07) is 7.40. The molecule has 36 heavy (non-hydrogen) atoms. The van der Waals surface area contributed by atoms with Crippen LogP contribution in [0.1, 0.15) is 13.8 Å². The summed E-state index contributed by atoms with van der Waals surface area (Å²) >= 11 is 5.89. The minimum absolute atomic E-state index is 0.0485. The van der Waals surface area contributed by atoms with Crippen LogP contribution in [0, 0.1) is 5.82 Å². The van der Waals surface area contributed by atoms with E-state index < -0.39 is 17.6 Å². The molecule has 0 atom stereocenters. The van der Waals surface area contributed by atoms with Gasteiger partial charge in [0.25, 0.3) is 0 Å². The van der Waals surface area contributed by atoms with Crippen LogP contribution in [-0.2, 0) is 14.4 Å². The number of aromatic nitrogens is 2. The van der Waals surface area contributed by atoms with E-state index in [1.165, 1.54) is 36.4 Å². The van der Waals surface area contributed by atoms with Crippen molar-refractivity contribution in [3.05, 3.63) is 47.5 Å². The molecule has 0 aliphatic carbocycles. The van der Waals surface area contributed by atoms with Gasteiger partial charge in [0.2, 0.25) is 5.91 Å². The number of amides is 3. The molecule has 0 unspecified atom stereocenters. The molecule has 2 N–H and O–H groups in total. The van der Waals surface area contributed by atoms with Crippen LogP contribution in [0.25, 0.3) is 10.9 Å². The second-order valence-corrected chi connectivity index (χ2v) is 8.43. The third-order valence-electron chi connectivity index (χ3n) is 5.67. The predicted octanol–water partition coefficient (Wildman–Crippen LogP) is 3.19. The minimum atomic E-state index is -0.830. The van der Waals surface area contributed by atoms with Gasteiger partial charge in [-0.1, -0.05) is 11.6 Å². The van der Waals surface area contributed by atoms with E-state index in [2.05, 4.69) is 20.6 Å². The summed E-state index contributed by atoms with van der Waals surface area (Å²) in [5.74, 6) is -1.44. The van der Waals surface area contributed by atoms with Crippen LogP contribution in [0.3, 0.4) is 0 Å². The van der Waals surface area contributed by atoms with E-state index in [9.17, 15) is 18.8 Å². The van der Waals surface area contributed by atoms with Gasteiger partial charge in [-0.25, -0.2) is 14.4 Å². The van der Waals surface area contributed by atoms with Crippen molar-refractivity contribution in [1.82, 2.24) is 19.8 Å². The summed E-state index contributed by atoms with van der Waals surface area (Å²) < 4.78 is 19.2. The maximum absolute atomic E-state index is 13.5. The summed E-state index contributed by atoms with van der Waals surface area (Å²) in [6.45, 7) is 4.85. The van der Waals surface area contributed by atoms with Gasteiger partial charge >= 0.3 is 11.8 Å². The van der Waals surface area contributed by atoms with Gasteiger partial charge in [-0.15, -0.1) is 0 Å². The Morgan fingerprint density at radius 3 is 2.47 bits per heavy atom. The minimum Gasteiger partial charge on any atom is -0.492 e. The Kier molecular flexibility index (Phi) is 7.49. The Morgan fingerprint density at radius 1 is 1.08 bits per heavy atom. The van der Waals surface area contributed by atoms with Crippen molar-refractivity contribution in [1.29, 1.82) is 0 Å². The number of nitrogens with one attached hydrogen (secondary N) is 2. The van der Waals surface area contributed by atoms with Crippen LogP contribution in [0.2, 0.25) is 5.02 Å². The van der Waals surface area contributed by atoms with Gasteiger partial charge in [-0.05, 0) is 31.2 Å². The first-order valence-corrected chi connectivity index (χ1v) is 11.6. The number of rotatable bonds is 5. The van der Waals surface area contributed by atoms with Gasteiger partial charge in [0.15, 0.2) is 0 Å². The average Bonchev–Trinajstić information content (AvgIpc) is 2.86. The van der Waals surface area contributed by atoms with Crippen molar-refractivity contribution in [2.75, 3.05) is 43.4 Å². The van der Waals surface area contributed by atoms with Crippen molar-refractivity contribution in [3.63, 3.8) is 0 Å². The zero-order valence-corrected chi connectivity index (χ0v) is 20.4. The van der Waals surface area contributed by atoms with Gasteiger partial charge in [0.05, 0.1) is 22.8 Å². The summed E-state index contributed by atoms with van der Waals surface area (Å²) in [4.78, 5) is 48.7. The highest BCUT2D eigenvalue weighted by Gasteiger charge is 2.27. The number of halogens is 2. The fraction of sp³-hybridized carbons (Fsp3) is 0.292. The van der Waals surface area contributed by atoms with Crippen molar-refractivity contribution in [3.8, 4) is 5.75 Å². The molecule has 1 aliphatic rings. The van der Waals surface area contributed by atoms with Crippen LogP contribution >= 0.6 is 11.6 Å². The number of carbonyl (C=O) groups is 3. The number of nitrogens with zero attached hydrogens (tertiary/aromatic N) is 4. The van der Waals surface area contributed by atoms with Gasteiger partial charge in [0.1, 0.15) is 23.7 Å². The number of hydrogen-bond donors (Lipinski definition) is 2. The molecule has 1 saturated heterocycles. The lowest BCUT2D eigenvalue weighted by Crippen LogP contribution is -2.52. The fourth-order valence-corrected chi connectivity index (χ4v) is 3.99. The maximum Gasteiger partial charge on any atom is 0.314 e. The molecular weight excluding hydrogens is 491 g/mol. The Bertz CT molecular complexity index is 1330. The molecule has 2 aromatic carbocycles. The summed E-state index contributed by atoms with van der Waals surface area (Å²) in [5, 5.41) is 6.19. The molecule has 4 rings (SSSR count). The third-order valence-corrected chi connectivity index (χ3v) is 5.96. The van der Waals surface area contributed by atoms with Crippen molar-refractivity contribution in [2.45, 2.75) is 13.8 Å². The maximum atomic E-state index is 13.5. The largest absolute Gasteiger partial charge is 0.492 e. The molecule has 1 fully saturated rings. The number of piperazine rings is 1. The number of fused-ring (bicyclic) bond motifs is 1. The zero-order chi connectivity index (χ0) is 25.8. The Balaban J connectivity index is 1.60. The van der Waals surface area contributed by atoms with Crippen molar-refractivity contribution in [2.24, 2.45) is 0 Å². The summed E-state index contributed by atoms with van der Waals surface area (Å²) in [5.41, 5.74) is 1.29. The topological polar surface area (TPSA) is 117 Å². The molecule has 0 bridgehead atoms.